The van der Waals surface area contributed by atoms with E-state index in [2.05, 4.69) is 42.5 Å². The average Bonchev–Trinajstić information content (AvgIpc) is 1.57. The Hall–Kier alpha value is -12.1. The van der Waals surface area contributed by atoms with Crippen LogP contribution < -0.4 is 0 Å². The summed E-state index contributed by atoms with van der Waals surface area (Å²) in [5.41, 5.74) is 6.69. The van der Waals surface area contributed by atoms with Crippen molar-refractivity contribution < 1.29 is 27.9 Å². The highest BCUT2D eigenvalue weighted by Gasteiger charge is 2.65. The molecule has 10 aromatic rings. The van der Waals surface area contributed by atoms with Crippen molar-refractivity contribution >= 4 is 35.9 Å². The summed E-state index contributed by atoms with van der Waals surface area (Å²) in [6, 6.07) is 82.5. The first-order valence-electron chi connectivity index (χ1n) is 29.5. The van der Waals surface area contributed by atoms with Gasteiger partial charge in [0.05, 0.1) is 54.1 Å². The molecule has 4 aliphatic rings. The second-order valence-electron chi connectivity index (χ2n) is 22.5. The Morgan fingerprint density at radius 2 is 0.912 bits per heavy atom. The Kier molecular flexibility index (Phi) is 16.7. The average molecular weight is 1190 g/mol. The van der Waals surface area contributed by atoms with E-state index in [9.17, 15) is 44.5 Å². The SMILES string of the molecule is N#CC1(C#N)C(c2cccc(F)c2)C(C(=O)c2ccc(F)cc2)N2C=Cc3ccccc3C21.N#CC1(C#N)C(c2ccccc2)[C@@H](C(=O)c2ccccc2)N2C=Cc3ccccc3[C@@H]21.Oc1ccc(/C=C/c2cc(-c3ccccc3)cc(-c3ccccc3)[o+]2)cc1. The van der Waals surface area contributed by atoms with Crippen molar-refractivity contribution in [2.45, 2.75) is 36.0 Å². The zero-order valence-corrected chi connectivity index (χ0v) is 48.8. The normalized spacial score (nSPS) is 19.0. The molecule has 0 amide bonds. The minimum Gasteiger partial charge on any atom is -0.508 e. The van der Waals surface area contributed by atoms with Gasteiger partial charge in [-0.2, -0.15) is 21.0 Å². The largest absolute Gasteiger partial charge is 0.508 e. The Balaban J connectivity index is 0.000000133. The number of nitrogens with zero attached hydrogens (tertiary/aromatic N) is 6. The van der Waals surface area contributed by atoms with E-state index < -0.39 is 58.5 Å². The maximum Gasteiger partial charge on any atom is 0.361 e. The Morgan fingerprint density at radius 1 is 0.451 bits per heavy atom. The number of hydrogen-bond donors (Lipinski definition) is 1. The molecule has 0 aliphatic carbocycles. The van der Waals surface area contributed by atoms with Gasteiger partial charge in [0.1, 0.15) is 29.5 Å². The fourth-order valence-electron chi connectivity index (χ4n) is 13.2. The molecule has 2 fully saturated rings. The number of ketones is 2. The number of aromatic hydroxyl groups is 1. The van der Waals surface area contributed by atoms with Gasteiger partial charge in [-0.25, -0.2) is 13.2 Å². The molecule has 0 radical (unpaired) electrons. The van der Waals surface area contributed by atoms with E-state index in [-0.39, 0.29) is 22.9 Å². The molecule has 6 atom stereocenters. The van der Waals surface area contributed by atoms with E-state index in [1.165, 1.54) is 42.5 Å². The van der Waals surface area contributed by atoms with E-state index in [0.29, 0.717) is 11.1 Å². The van der Waals surface area contributed by atoms with Crippen molar-refractivity contribution in [1.29, 1.82) is 21.0 Å². The standard InChI is InChI=1S/C27H17F2N3O.C27H19N3O.C25H18O2/c28-20-10-8-18(9-11-20)25(33)24-23(19-5-3-6-21(29)14-19)27(15-30,16-31)26-22-7-2-1-4-17(22)12-13-32(24)26;28-17-27(18-29)23(20-10-3-1-4-11-20)24(25(31)21-12-5-2-6-13-21)30-16-15-19-9-7-8-14-22(19)26(27)30;26-23-14-11-19(12-15-23)13-16-24-17-22(20-7-3-1-4-8-20)18-25(27-24)21-9-5-2-6-10-21/h1-14,23-24,26H;1-16,23-24,26H;1-18H/p+1/b;;16-13+/t;23?,24-,26+;/m.0./s1. The number of carbonyl (C=O) groups is 2. The topological polar surface area (TPSA) is 167 Å². The van der Waals surface area contributed by atoms with Crippen LogP contribution >= 0.6 is 0 Å². The molecule has 4 unspecified atom stereocenters. The summed E-state index contributed by atoms with van der Waals surface area (Å²) in [5, 5.41) is 51.1. The molecule has 2 saturated heterocycles. The molecule has 0 saturated carbocycles. The third-order valence-corrected chi connectivity index (χ3v) is 17.3. The Morgan fingerprint density at radius 3 is 1.44 bits per heavy atom. The quantitative estimate of drug-likeness (QED) is 0.103. The molecule has 1 N–H and O–H groups in total. The number of fused-ring (bicyclic) bond motifs is 6. The molecule has 438 valence electrons. The predicted molar refractivity (Wildman–Crippen MR) is 346 cm³/mol. The smallest absolute Gasteiger partial charge is 0.361 e. The number of hydrogen-bond acceptors (Lipinski definition) is 9. The molecule has 4 aliphatic heterocycles. The number of phenolic OH excluding ortho intramolecular Hbond substituents is 1. The minimum absolute atomic E-state index is 0.0872. The highest BCUT2D eigenvalue weighted by atomic mass is 19.1. The van der Waals surface area contributed by atoms with Gasteiger partial charge in [0.15, 0.2) is 22.4 Å². The molecule has 0 spiro atoms. The fourth-order valence-corrected chi connectivity index (χ4v) is 13.2. The minimum atomic E-state index is -1.67. The third-order valence-electron chi connectivity index (χ3n) is 17.3. The van der Waals surface area contributed by atoms with Crippen LogP contribution in [-0.4, -0.2) is 38.6 Å². The van der Waals surface area contributed by atoms with Gasteiger partial charge in [-0.15, -0.1) is 0 Å². The van der Waals surface area contributed by atoms with Gasteiger partial charge < -0.3 is 14.9 Å². The van der Waals surface area contributed by atoms with Crippen LogP contribution in [-0.2, 0) is 0 Å². The van der Waals surface area contributed by atoms with E-state index >= 15 is 0 Å². The van der Waals surface area contributed by atoms with Crippen molar-refractivity contribution in [2.75, 3.05) is 0 Å². The zero-order valence-electron chi connectivity index (χ0n) is 48.8. The fraction of sp³-hybridized carbons (Fsp3) is 0.101. The predicted octanol–water partition coefficient (Wildman–Crippen LogP) is 17.2. The van der Waals surface area contributed by atoms with Crippen LogP contribution in [0, 0.1) is 67.8 Å². The van der Waals surface area contributed by atoms with Crippen molar-refractivity contribution in [3.63, 3.8) is 0 Å². The maximum absolute atomic E-state index is 14.3. The number of halogens is 2. The highest BCUT2D eigenvalue weighted by Crippen LogP contribution is 2.61. The lowest BCUT2D eigenvalue weighted by molar-refractivity contribution is 0.0867. The summed E-state index contributed by atoms with van der Waals surface area (Å²) in [6.07, 6.45) is 11.3. The zero-order chi connectivity index (χ0) is 63.1. The number of carbonyl (C=O) groups excluding carboxylic acids is 2. The molecule has 5 heterocycles. The molecular formula is C79H55F2N6O4+. The molecule has 14 rings (SSSR count). The highest BCUT2D eigenvalue weighted by molar-refractivity contribution is 6.02. The number of phenols is 1. The van der Waals surface area contributed by atoms with Crippen LogP contribution in [0.4, 0.5) is 8.78 Å². The van der Waals surface area contributed by atoms with Gasteiger partial charge in [-0.05, 0) is 123 Å². The first kappa shape index (κ1) is 59.3. The van der Waals surface area contributed by atoms with Crippen LogP contribution in [0.3, 0.4) is 0 Å². The third kappa shape index (κ3) is 11.3. The van der Waals surface area contributed by atoms with E-state index in [4.69, 9.17) is 4.42 Å². The molecule has 91 heavy (non-hydrogen) atoms. The van der Waals surface area contributed by atoms with Gasteiger partial charge in [0.25, 0.3) is 0 Å². The summed E-state index contributed by atoms with van der Waals surface area (Å²) in [5.74, 6) is -1.15. The van der Waals surface area contributed by atoms with Gasteiger partial charge in [0.2, 0.25) is 0 Å². The van der Waals surface area contributed by atoms with Gasteiger partial charge >= 0.3 is 11.5 Å². The van der Waals surface area contributed by atoms with E-state index in [1.807, 2.05) is 199 Å². The number of nitriles is 4. The summed E-state index contributed by atoms with van der Waals surface area (Å²) >= 11 is 0. The van der Waals surface area contributed by atoms with Crippen molar-refractivity contribution in [2.24, 2.45) is 10.8 Å². The summed E-state index contributed by atoms with van der Waals surface area (Å²) in [4.78, 5) is 31.3. The number of benzene rings is 9. The van der Waals surface area contributed by atoms with Crippen LogP contribution in [0.5, 0.6) is 5.75 Å². The Bertz CT molecular complexity index is 4520. The summed E-state index contributed by atoms with van der Waals surface area (Å²) in [6.45, 7) is 0. The first-order chi connectivity index (χ1) is 44.5. The molecule has 10 nitrogen and oxygen atoms in total. The van der Waals surface area contributed by atoms with Crippen molar-refractivity contribution in [3.05, 3.63) is 335 Å². The lowest BCUT2D eigenvalue weighted by atomic mass is 9.67. The van der Waals surface area contributed by atoms with Crippen LogP contribution in [0.2, 0.25) is 0 Å². The second-order valence-corrected chi connectivity index (χ2v) is 22.5. The van der Waals surface area contributed by atoms with Gasteiger partial charge in [-0.1, -0.05) is 182 Å². The molecular weight excluding hydrogens is 1130 g/mol. The van der Waals surface area contributed by atoms with Crippen LogP contribution in [0.25, 0.3) is 46.8 Å². The molecule has 12 heteroatoms. The second kappa shape index (κ2) is 25.7. The lowest BCUT2D eigenvalue weighted by Crippen LogP contribution is -2.37. The van der Waals surface area contributed by atoms with Crippen molar-refractivity contribution in [1.82, 2.24) is 9.80 Å². The molecule has 0 bridgehead atoms. The number of rotatable bonds is 10. The van der Waals surface area contributed by atoms with Crippen molar-refractivity contribution in [3.8, 4) is 52.5 Å². The van der Waals surface area contributed by atoms with Crippen LogP contribution in [0.15, 0.2) is 272 Å². The summed E-state index contributed by atoms with van der Waals surface area (Å²) < 4.78 is 33.9. The lowest BCUT2D eigenvalue weighted by Gasteiger charge is -2.34. The summed E-state index contributed by atoms with van der Waals surface area (Å²) in [7, 11) is 0. The Labute approximate surface area is 526 Å². The number of Topliss-reactive ketones (excluding diaryl/α,β-unsaturated/α-hetero) is 2. The van der Waals surface area contributed by atoms with Crippen LogP contribution in [0.1, 0.15) is 89.3 Å². The van der Waals surface area contributed by atoms with E-state index in [0.717, 1.165) is 61.6 Å². The van der Waals surface area contributed by atoms with E-state index in [1.54, 1.807) is 41.4 Å². The van der Waals surface area contributed by atoms with Gasteiger partial charge in [0, 0.05) is 47.0 Å². The molecule has 1 aromatic heterocycles. The monoisotopic (exact) mass is 1190 g/mol. The maximum atomic E-state index is 14.3. The molecule has 9 aromatic carbocycles. The first-order valence-corrected chi connectivity index (χ1v) is 29.5. The van der Waals surface area contributed by atoms with Gasteiger partial charge in [-0.3, -0.25) is 9.59 Å².